The summed E-state index contributed by atoms with van der Waals surface area (Å²) in [5, 5.41) is 3.73. The number of anilines is 1. The van der Waals surface area contributed by atoms with Crippen LogP contribution in [0.4, 0.5) is 10.5 Å². The Morgan fingerprint density at radius 1 is 0.872 bits per heavy atom. The van der Waals surface area contributed by atoms with E-state index >= 15 is 0 Å². The number of para-hydroxylation sites is 1. The molecule has 9 nitrogen and oxygen atoms in total. The molecule has 0 aromatic heterocycles. The van der Waals surface area contributed by atoms with Crippen molar-refractivity contribution in [3.63, 3.8) is 0 Å². The largest absolute Gasteiger partial charge is 0.343 e. The van der Waals surface area contributed by atoms with Crippen molar-refractivity contribution in [2.75, 3.05) is 57.7 Å². The fourth-order valence-electron chi connectivity index (χ4n) is 7.98. The van der Waals surface area contributed by atoms with Crippen LogP contribution in [-0.4, -0.2) is 113 Å². The van der Waals surface area contributed by atoms with Gasteiger partial charge < -0.3 is 20.0 Å². The first-order valence-electron chi connectivity index (χ1n) is 17.6. The highest BCUT2D eigenvalue weighted by molar-refractivity contribution is 6.31. The van der Waals surface area contributed by atoms with Crippen molar-refractivity contribution in [3.05, 3.63) is 64.2 Å². The molecule has 10 heteroatoms. The molecule has 1 atom stereocenters. The average molecular weight is 663 g/mol. The lowest BCUT2D eigenvalue weighted by atomic mass is 9.91. The van der Waals surface area contributed by atoms with Crippen LogP contribution in [0.5, 0.6) is 0 Å². The lowest BCUT2D eigenvalue weighted by Crippen LogP contribution is -2.55. The number of aryl methyl sites for hydroxylation is 1. The van der Waals surface area contributed by atoms with Crippen LogP contribution in [0.15, 0.2) is 42.5 Å². The molecule has 3 fully saturated rings. The number of halogens is 1. The van der Waals surface area contributed by atoms with E-state index in [4.69, 9.17) is 11.6 Å². The molecule has 4 amide bonds. The van der Waals surface area contributed by atoms with E-state index in [0.29, 0.717) is 43.2 Å². The van der Waals surface area contributed by atoms with Gasteiger partial charge in [0.15, 0.2) is 0 Å². The highest BCUT2D eigenvalue weighted by atomic mass is 35.5. The van der Waals surface area contributed by atoms with Crippen molar-refractivity contribution >= 4 is 35.1 Å². The Morgan fingerprint density at radius 2 is 1.53 bits per heavy atom. The van der Waals surface area contributed by atoms with Gasteiger partial charge in [0.05, 0.1) is 5.92 Å². The second-order valence-corrected chi connectivity index (χ2v) is 14.6. The first-order chi connectivity index (χ1) is 22.7. The number of amides is 4. The third-order valence-corrected chi connectivity index (χ3v) is 11.4. The van der Waals surface area contributed by atoms with E-state index in [1.165, 1.54) is 0 Å². The second-order valence-electron chi connectivity index (χ2n) is 14.2. The van der Waals surface area contributed by atoms with Gasteiger partial charge in [0.25, 0.3) is 0 Å². The molecule has 4 aliphatic rings. The van der Waals surface area contributed by atoms with Gasteiger partial charge in [0.2, 0.25) is 11.8 Å². The summed E-state index contributed by atoms with van der Waals surface area (Å²) in [5.41, 5.74) is 4.00. The van der Waals surface area contributed by atoms with Crippen LogP contribution < -0.4 is 5.32 Å². The number of carbonyl (C=O) groups is 3. The number of piperazine rings is 1. The molecule has 0 saturated carbocycles. The predicted molar refractivity (Wildman–Crippen MR) is 186 cm³/mol. The maximum absolute atomic E-state index is 14.1. The molecular formula is C37H51ClN6O3. The molecule has 2 aromatic rings. The Labute approximate surface area is 285 Å². The summed E-state index contributed by atoms with van der Waals surface area (Å²) in [6.07, 6.45) is 4.14. The highest BCUT2D eigenvalue weighted by Gasteiger charge is 2.36. The molecule has 0 bridgehead atoms. The second kappa shape index (κ2) is 15.0. The van der Waals surface area contributed by atoms with Crippen LogP contribution in [0, 0.1) is 12.8 Å². The standard InChI is InChI=1S/C37H51ClN6O3/c1-26(2)40-18-20-41(21-19-40)31-10-16-43(17-11-31)36(46)30(23-28-8-9-33(38)27(3)22-28)24-35(45)42-14-12-32(13-15-42)44-25-29-6-4-5-7-34(29)39-37(44)47/h4-9,22,26,30-32H,10-21,23-25H2,1-3H3,(H,39,47). The molecule has 1 N–H and O–H groups in total. The monoisotopic (exact) mass is 662 g/mol. The van der Waals surface area contributed by atoms with Crippen LogP contribution in [0.25, 0.3) is 0 Å². The molecule has 0 spiro atoms. The van der Waals surface area contributed by atoms with E-state index < -0.39 is 5.92 Å². The van der Waals surface area contributed by atoms with Crippen molar-refractivity contribution in [1.29, 1.82) is 0 Å². The number of carbonyl (C=O) groups excluding carboxylic acids is 3. The van der Waals surface area contributed by atoms with E-state index in [2.05, 4.69) is 35.0 Å². The van der Waals surface area contributed by atoms with Gasteiger partial charge in [-0.15, -0.1) is 0 Å². The summed E-state index contributed by atoms with van der Waals surface area (Å²) >= 11 is 6.32. The minimum absolute atomic E-state index is 0.0267. The molecule has 4 heterocycles. The molecule has 6 rings (SSSR count). The zero-order chi connectivity index (χ0) is 33.1. The van der Waals surface area contributed by atoms with Crippen molar-refractivity contribution in [1.82, 2.24) is 24.5 Å². The molecule has 254 valence electrons. The number of hydrogen-bond donors (Lipinski definition) is 1. The van der Waals surface area contributed by atoms with E-state index in [-0.39, 0.29) is 30.3 Å². The van der Waals surface area contributed by atoms with Crippen molar-refractivity contribution in [3.8, 4) is 0 Å². The molecular weight excluding hydrogens is 612 g/mol. The molecule has 4 aliphatic heterocycles. The molecule has 3 saturated heterocycles. The zero-order valence-corrected chi connectivity index (χ0v) is 29.1. The zero-order valence-electron chi connectivity index (χ0n) is 28.3. The number of piperidine rings is 2. The van der Waals surface area contributed by atoms with E-state index in [0.717, 1.165) is 87.3 Å². The number of nitrogens with one attached hydrogen (secondary N) is 1. The Hall–Kier alpha value is -3.14. The number of likely N-dealkylation sites (tertiary alicyclic amines) is 2. The van der Waals surface area contributed by atoms with Gasteiger partial charge >= 0.3 is 6.03 Å². The maximum atomic E-state index is 14.1. The average Bonchev–Trinajstić information content (AvgIpc) is 3.09. The summed E-state index contributed by atoms with van der Waals surface area (Å²) in [4.78, 5) is 51.8. The Morgan fingerprint density at radius 3 is 2.21 bits per heavy atom. The molecule has 0 aliphatic carbocycles. The normalized spacial score (nSPS) is 21.1. The maximum Gasteiger partial charge on any atom is 0.322 e. The smallest absolute Gasteiger partial charge is 0.322 e. The number of rotatable bonds is 8. The minimum atomic E-state index is -0.420. The van der Waals surface area contributed by atoms with Gasteiger partial charge in [-0.2, -0.15) is 0 Å². The van der Waals surface area contributed by atoms with Crippen LogP contribution >= 0.6 is 11.6 Å². The fourth-order valence-corrected chi connectivity index (χ4v) is 8.10. The summed E-state index contributed by atoms with van der Waals surface area (Å²) in [6.45, 7) is 14.2. The summed E-state index contributed by atoms with van der Waals surface area (Å²) in [6, 6.07) is 14.9. The number of hydrogen-bond acceptors (Lipinski definition) is 5. The lowest BCUT2D eigenvalue weighted by molar-refractivity contribution is -0.143. The minimum Gasteiger partial charge on any atom is -0.343 e. The first kappa shape index (κ1) is 33.7. The number of nitrogens with zero attached hydrogens (tertiary/aromatic N) is 5. The summed E-state index contributed by atoms with van der Waals surface area (Å²) in [7, 11) is 0. The van der Waals surface area contributed by atoms with Gasteiger partial charge in [-0.1, -0.05) is 41.9 Å². The quantitative estimate of drug-likeness (QED) is 0.418. The topological polar surface area (TPSA) is 79.4 Å². The van der Waals surface area contributed by atoms with Crippen LogP contribution in [0.3, 0.4) is 0 Å². The third-order valence-electron chi connectivity index (χ3n) is 11.0. The Bertz CT molecular complexity index is 1430. The lowest BCUT2D eigenvalue weighted by Gasteiger charge is -2.44. The number of benzene rings is 2. The van der Waals surface area contributed by atoms with E-state index in [1.54, 1.807) is 0 Å². The van der Waals surface area contributed by atoms with Gasteiger partial charge in [-0.05, 0) is 81.7 Å². The fraction of sp³-hybridized carbons (Fsp3) is 0.595. The molecule has 1 unspecified atom stereocenters. The molecule has 2 aromatic carbocycles. The molecule has 47 heavy (non-hydrogen) atoms. The Kier molecular flexibility index (Phi) is 10.7. The van der Waals surface area contributed by atoms with Gasteiger partial charge in [-0.25, -0.2) is 4.79 Å². The predicted octanol–water partition coefficient (Wildman–Crippen LogP) is 5.25. The van der Waals surface area contributed by atoms with Crippen LogP contribution in [0.1, 0.15) is 62.6 Å². The van der Waals surface area contributed by atoms with Gasteiger partial charge in [-0.3, -0.25) is 19.4 Å². The molecule has 0 radical (unpaired) electrons. The number of urea groups is 1. The third kappa shape index (κ3) is 7.95. The van der Waals surface area contributed by atoms with Crippen LogP contribution in [0.2, 0.25) is 5.02 Å². The van der Waals surface area contributed by atoms with Gasteiger partial charge in [0.1, 0.15) is 0 Å². The van der Waals surface area contributed by atoms with Crippen LogP contribution in [-0.2, 0) is 22.6 Å². The summed E-state index contributed by atoms with van der Waals surface area (Å²) < 4.78 is 0. The first-order valence-corrected chi connectivity index (χ1v) is 18.0. The van der Waals surface area contributed by atoms with E-state index in [9.17, 15) is 14.4 Å². The van der Waals surface area contributed by atoms with E-state index in [1.807, 2.05) is 58.0 Å². The van der Waals surface area contributed by atoms with Gasteiger partial charge in [0, 0.05) is 94.2 Å². The van der Waals surface area contributed by atoms with Crippen molar-refractivity contribution in [2.45, 2.75) is 84.0 Å². The summed E-state index contributed by atoms with van der Waals surface area (Å²) in [5.74, 6) is -0.303. The highest BCUT2D eigenvalue weighted by Crippen LogP contribution is 2.29. The SMILES string of the molecule is Cc1cc(CC(CC(=O)N2CCC(N3Cc4ccccc4NC3=O)CC2)C(=O)N2CCC(N3CCN(C(C)C)CC3)CC2)ccc1Cl. The van der Waals surface area contributed by atoms with Crippen molar-refractivity contribution < 1.29 is 14.4 Å². The van der Waals surface area contributed by atoms with Crippen molar-refractivity contribution in [2.24, 2.45) is 5.92 Å². The number of fused-ring (bicyclic) bond motifs is 1. The Balaban J connectivity index is 1.06.